The number of quaternary nitrogens is 1. The Hall–Kier alpha value is 0.260. The van der Waals surface area contributed by atoms with Gasteiger partial charge in [-0.15, -0.1) is 0 Å². The smallest absolute Gasteiger partial charge is 0.262 e. The van der Waals surface area contributed by atoms with Crippen LogP contribution in [0.15, 0.2) is 0 Å². The number of alkyl halides is 3. The van der Waals surface area contributed by atoms with Crippen LogP contribution >= 0.6 is 34.8 Å². The quantitative estimate of drug-likeness (QED) is 0.745. The van der Waals surface area contributed by atoms with Crippen LogP contribution in [0.4, 0.5) is 0 Å². The van der Waals surface area contributed by atoms with E-state index in [-0.39, 0.29) is 18.1 Å². The molecule has 2 N–H and O–H groups in total. The molecule has 0 bridgehead atoms. The molecule has 4 nitrogen and oxygen atoms in total. The Kier molecular flexibility index (Phi) is 6.02. The summed E-state index contributed by atoms with van der Waals surface area (Å²) >= 11 is 18.2. The molecule has 20 heavy (non-hydrogen) atoms. The van der Waals surface area contributed by atoms with E-state index in [4.69, 9.17) is 39.5 Å². The van der Waals surface area contributed by atoms with Gasteiger partial charge in [-0.3, -0.25) is 4.79 Å². The monoisotopic (exact) mass is 345 g/mol. The maximum Gasteiger partial charge on any atom is 0.262 e. The van der Waals surface area contributed by atoms with Gasteiger partial charge in [-0.2, -0.15) is 0 Å². The number of carbonyl (C=O) groups excluding carboxylic acids is 1. The number of nitrogens with one attached hydrogen (secondary N) is 2. The molecule has 1 aliphatic rings. The molecule has 0 saturated carbocycles. The van der Waals surface area contributed by atoms with Gasteiger partial charge in [-0.05, 0) is 13.8 Å². The van der Waals surface area contributed by atoms with Gasteiger partial charge in [0.1, 0.15) is 25.3 Å². The third-order valence-electron chi connectivity index (χ3n) is 3.26. The van der Waals surface area contributed by atoms with Crippen molar-refractivity contribution in [3.05, 3.63) is 0 Å². The van der Waals surface area contributed by atoms with Crippen LogP contribution in [0.5, 0.6) is 0 Å². The minimum atomic E-state index is -1.56. The third kappa shape index (κ3) is 5.23. The summed E-state index contributed by atoms with van der Waals surface area (Å²) in [6, 6.07) is 0. The van der Waals surface area contributed by atoms with Gasteiger partial charge in [0.05, 0.1) is 0 Å². The molecule has 1 fully saturated rings. The van der Waals surface area contributed by atoms with Crippen molar-refractivity contribution in [1.29, 1.82) is 0 Å². The van der Waals surface area contributed by atoms with Crippen molar-refractivity contribution in [2.75, 3.05) is 13.1 Å². The van der Waals surface area contributed by atoms with Crippen LogP contribution < -0.4 is 10.2 Å². The zero-order chi connectivity index (χ0) is 15.7. The van der Waals surface area contributed by atoms with Crippen LogP contribution in [0.3, 0.4) is 0 Å². The van der Waals surface area contributed by atoms with E-state index in [9.17, 15) is 4.79 Å². The average Bonchev–Trinajstić information content (AvgIpc) is 2.20. The first-order chi connectivity index (χ1) is 8.91. The number of halogens is 3. The lowest BCUT2D eigenvalue weighted by atomic mass is 9.95. The van der Waals surface area contributed by atoms with Crippen molar-refractivity contribution in [2.24, 2.45) is 5.41 Å². The Morgan fingerprint density at radius 1 is 1.20 bits per heavy atom. The van der Waals surface area contributed by atoms with Crippen LogP contribution in [0, 0.1) is 5.41 Å². The molecule has 0 spiro atoms. The molecular formula is C13H24Cl3N2O2+. The summed E-state index contributed by atoms with van der Waals surface area (Å²) < 4.78 is 4.13. The minimum Gasteiger partial charge on any atom is -0.364 e. The highest BCUT2D eigenvalue weighted by atomic mass is 35.6. The molecule has 0 radical (unpaired) electrons. The molecule has 7 heteroatoms. The number of morpholine rings is 1. The zero-order valence-electron chi connectivity index (χ0n) is 12.6. The molecule has 1 heterocycles. The summed E-state index contributed by atoms with van der Waals surface area (Å²) in [6.45, 7) is 10.8. The van der Waals surface area contributed by atoms with Gasteiger partial charge in [0.15, 0.2) is 0 Å². The molecule has 3 atom stereocenters. The number of hydrogen-bond donors (Lipinski definition) is 2. The maximum absolute atomic E-state index is 12.2. The molecule has 0 aromatic rings. The van der Waals surface area contributed by atoms with Crippen molar-refractivity contribution < 1.29 is 14.4 Å². The number of hydrogen-bond acceptors (Lipinski definition) is 2. The fraction of sp³-hybridized carbons (Fsp3) is 0.923. The van der Waals surface area contributed by atoms with Gasteiger partial charge in [-0.25, -0.2) is 0 Å². The van der Waals surface area contributed by atoms with Gasteiger partial charge in [0.25, 0.3) is 3.79 Å². The van der Waals surface area contributed by atoms with E-state index in [1.165, 1.54) is 0 Å². The molecule has 0 aliphatic carbocycles. The fourth-order valence-electron chi connectivity index (χ4n) is 2.31. The Balaban J connectivity index is 2.88. The second-order valence-corrected chi connectivity index (χ2v) is 8.89. The third-order valence-corrected chi connectivity index (χ3v) is 3.91. The normalized spacial score (nSPS) is 29.9. The van der Waals surface area contributed by atoms with Crippen molar-refractivity contribution in [1.82, 2.24) is 5.32 Å². The second-order valence-electron chi connectivity index (χ2n) is 6.52. The second kappa shape index (κ2) is 6.57. The average molecular weight is 347 g/mol. The van der Waals surface area contributed by atoms with E-state index < -0.39 is 15.4 Å². The molecule has 1 aliphatic heterocycles. The predicted octanol–water partition coefficient (Wildman–Crippen LogP) is 1.54. The highest BCUT2D eigenvalue weighted by molar-refractivity contribution is 6.68. The Labute approximate surface area is 136 Å². The van der Waals surface area contributed by atoms with E-state index in [1.54, 1.807) is 0 Å². The number of carbonyl (C=O) groups is 1. The standard InChI is InChI=1S/C13H23Cl3N2O2/c1-8-6-18(7-9(2)20-8)10(13(14,15)16)17-11(19)12(3,4)5/h8-10H,6-7H2,1-5H3,(H,17,19)/p+1/t8-,9-,10+/m1/s1. The summed E-state index contributed by atoms with van der Waals surface area (Å²) in [5, 5.41) is 2.88. The number of ether oxygens (including phenoxy) is 1. The fourth-order valence-corrected chi connectivity index (χ4v) is 2.94. The Morgan fingerprint density at radius 2 is 1.65 bits per heavy atom. The summed E-state index contributed by atoms with van der Waals surface area (Å²) in [5.41, 5.74) is -0.531. The lowest BCUT2D eigenvalue weighted by Crippen LogP contribution is -3.22. The van der Waals surface area contributed by atoms with Crippen molar-refractivity contribution in [2.45, 2.75) is 56.8 Å². The molecule has 1 saturated heterocycles. The summed E-state index contributed by atoms with van der Waals surface area (Å²) in [7, 11) is 0. The molecule has 0 aromatic carbocycles. The van der Waals surface area contributed by atoms with Crippen LogP contribution in [-0.2, 0) is 9.53 Å². The zero-order valence-corrected chi connectivity index (χ0v) is 14.9. The number of rotatable bonds is 2. The lowest BCUT2D eigenvalue weighted by molar-refractivity contribution is -0.941. The van der Waals surface area contributed by atoms with Crippen molar-refractivity contribution >= 4 is 40.7 Å². The summed E-state index contributed by atoms with van der Waals surface area (Å²) in [5.74, 6) is -0.131. The van der Waals surface area contributed by atoms with Gasteiger partial charge in [0, 0.05) is 5.41 Å². The van der Waals surface area contributed by atoms with Crippen molar-refractivity contribution in [3.63, 3.8) is 0 Å². The van der Waals surface area contributed by atoms with E-state index >= 15 is 0 Å². The van der Waals surface area contributed by atoms with Crippen LogP contribution in [-0.4, -0.2) is 41.2 Å². The van der Waals surface area contributed by atoms with Gasteiger partial charge in [0.2, 0.25) is 12.1 Å². The molecule has 1 rings (SSSR count). The summed E-state index contributed by atoms with van der Waals surface area (Å²) in [6.07, 6.45) is -0.460. The molecule has 0 unspecified atom stereocenters. The first-order valence-corrected chi connectivity index (χ1v) is 7.92. The summed E-state index contributed by atoms with van der Waals surface area (Å²) in [4.78, 5) is 13.2. The van der Waals surface area contributed by atoms with E-state index in [2.05, 4.69) is 5.32 Å². The number of amides is 1. The van der Waals surface area contributed by atoms with Crippen LogP contribution in [0.25, 0.3) is 0 Å². The Morgan fingerprint density at radius 3 is 2.00 bits per heavy atom. The topological polar surface area (TPSA) is 42.8 Å². The van der Waals surface area contributed by atoms with E-state index in [1.807, 2.05) is 34.6 Å². The lowest BCUT2D eigenvalue weighted by Gasteiger charge is -2.40. The molecule has 1 amide bonds. The van der Waals surface area contributed by atoms with Crippen molar-refractivity contribution in [3.8, 4) is 0 Å². The van der Waals surface area contributed by atoms with Gasteiger partial charge < -0.3 is 15.0 Å². The van der Waals surface area contributed by atoms with E-state index in [0.717, 1.165) is 4.90 Å². The van der Waals surface area contributed by atoms with E-state index in [0.29, 0.717) is 13.1 Å². The predicted molar refractivity (Wildman–Crippen MR) is 82.4 cm³/mol. The highest BCUT2D eigenvalue weighted by Gasteiger charge is 2.45. The first-order valence-electron chi connectivity index (χ1n) is 6.79. The SMILES string of the molecule is C[C@@H]1C[NH+]([C@H](NC(=O)C(C)(C)C)C(Cl)(Cl)Cl)C[C@@H](C)O1. The first kappa shape index (κ1) is 18.3. The van der Waals surface area contributed by atoms with Crippen LogP contribution in [0.2, 0.25) is 0 Å². The largest absolute Gasteiger partial charge is 0.364 e. The van der Waals surface area contributed by atoms with Crippen LogP contribution in [0.1, 0.15) is 34.6 Å². The highest BCUT2D eigenvalue weighted by Crippen LogP contribution is 2.29. The van der Waals surface area contributed by atoms with Gasteiger partial charge in [-0.1, -0.05) is 55.6 Å². The minimum absolute atomic E-state index is 0.0649. The molecular weight excluding hydrogens is 323 g/mol. The molecule has 0 aromatic heterocycles. The Bertz CT molecular complexity index is 343. The van der Waals surface area contributed by atoms with Gasteiger partial charge >= 0.3 is 0 Å². The maximum atomic E-state index is 12.2. The molecule has 118 valence electrons.